The smallest absolute Gasteiger partial charge is 0.234 e. The van der Waals surface area contributed by atoms with E-state index in [2.05, 4.69) is 27.2 Å². The van der Waals surface area contributed by atoms with Crippen molar-refractivity contribution in [3.8, 4) is 0 Å². The van der Waals surface area contributed by atoms with Gasteiger partial charge in [-0.25, -0.2) is 9.97 Å². The molecule has 130 valence electrons. The van der Waals surface area contributed by atoms with E-state index in [1.165, 1.54) is 29.4 Å². The van der Waals surface area contributed by atoms with Crippen LogP contribution in [0.15, 0.2) is 35.6 Å². The molecule has 2 heterocycles. The summed E-state index contributed by atoms with van der Waals surface area (Å²) >= 11 is 2.94. The number of nitrogens with zero attached hydrogens (tertiary/aromatic N) is 4. The number of hydrogen-bond acceptors (Lipinski definition) is 7. The fourth-order valence-electron chi connectivity index (χ4n) is 2.29. The Labute approximate surface area is 154 Å². The van der Waals surface area contributed by atoms with Crippen LogP contribution in [0.1, 0.15) is 12.5 Å². The van der Waals surface area contributed by atoms with Crippen molar-refractivity contribution in [3.63, 3.8) is 0 Å². The molecule has 8 heteroatoms. The number of para-hydroxylation sites is 1. The van der Waals surface area contributed by atoms with Gasteiger partial charge in [-0.15, -0.1) is 0 Å². The monoisotopic (exact) mass is 373 g/mol. The largest absolute Gasteiger partial charge is 0.354 e. The van der Waals surface area contributed by atoms with Gasteiger partial charge in [0.2, 0.25) is 5.91 Å². The van der Waals surface area contributed by atoms with Crippen LogP contribution < -0.4 is 10.2 Å². The summed E-state index contributed by atoms with van der Waals surface area (Å²) in [5, 5.41) is 4.64. The molecule has 0 saturated carbocycles. The van der Waals surface area contributed by atoms with E-state index in [0.29, 0.717) is 11.4 Å². The average molecular weight is 374 g/mol. The minimum absolute atomic E-state index is 0.0463. The topological polar surface area (TPSA) is 71.0 Å². The summed E-state index contributed by atoms with van der Waals surface area (Å²) in [5.41, 5.74) is 2.67. The zero-order chi connectivity index (χ0) is 17.8. The Balaban J connectivity index is 1.71. The van der Waals surface area contributed by atoms with Gasteiger partial charge in [0.1, 0.15) is 16.1 Å². The van der Waals surface area contributed by atoms with Gasteiger partial charge < -0.3 is 10.2 Å². The second kappa shape index (κ2) is 7.79. The van der Waals surface area contributed by atoms with Crippen molar-refractivity contribution in [2.45, 2.75) is 18.4 Å². The first-order chi connectivity index (χ1) is 12.1. The molecular weight excluding hydrogens is 354 g/mol. The van der Waals surface area contributed by atoms with E-state index < -0.39 is 0 Å². The lowest BCUT2D eigenvalue weighted by atomic mass is 10.1. The van der Waals surface area contributed by atoms with Crippen LogP contribution >= 0.6 is 23.1 Å². The molecule has 0 bridgehead atoms. The predicted molar refractivity (Wildman–Crippen MR) is 105 cm³/mol. The van der Waals surface area contributed by atoms with Crippen LogP contribution in [0.2, 0.25) is 0 Å². The number of carbonyl (C=O) groups excluding carboxylic acids is 1. The maximum Gasteiger partial charge on any atom is 0.234 e. The molecule has 0 unspecified atom stereocenters. The highest BCUT2D eigenvalue weighted by molar-refractivity contribution is 8.00. The van der Waals surface area contributed by atoms with Crippen molar-refractivity contribution in [2.75, 3.05) is 30.1 Å². The van der Waals surface area contributed by atoms with Crippen LogP contribution in [-0.4, -0.2) is 40.7 Å². The molecule has 6 nitrogen and oxygen atoms in total. The maximum atomic E-state index is 12.3. The summed E-state index contributed by atoms with van der Waals surface area (Å²) < 4.78 is 0.915. The van der Waals surface area contributed by atoms with Gasteiger partial charge >= 0.3 is 0 Å². The summed E-state index contributed by atoms with van der Waals surface area (Å²) in [7, 11) is 3.88. The third kappa shape index (κ3) is 4.08. The molecule has 0 radical (unpaired) electrons. The molecule has 0 fully saturated rings. The Hall–Kier alpha value is -2.19. The van der Waals surface area contributed by atoms with Crippen LogP contribution in [0.3, 0.4) is 0 Å². The Kier molecular flexibility index (Phi) is 5.50. The standard InChI is InChI=1S/C17H19N5OS2/c1-4-11-7-5-6-8-12(11)20-13(23)9-24-16-14-15(18-10-19-16)21-17(25-14)22(2)3/h5-8,10H,4,9H2,1-3H3,(H,20,23). The van der Waals surface area contributed by atoms with Crippen LogP contribution in [0, 0.1) is 0 Å². The quantitative estimate of drug-likeness (QED) is 0.527. The van der Waals surface area contributed by atoms with E-state index in [1.54, 1.807) is 0 Å². The van der Waals surface area contributed by atoms with Crippen molar-refractivity contribution in [1.29, 1.82) is 0 Å². The highest BCUT2D eigenvalue weighted by Gasteiger charge is 2.14. The summed E-state index contributed by atoms with van der Waals surface area (Å²) in [4.78, 5) is 27.2. The van der Waals surface area contributed by atoms with Crippen LogP contribution in [0.25, 0.3) is 10.3 Å². The summed E-state index contributed by atoms with van der Waals surface area (Å²) in [5.74, 6) is 0.245. The van der Waals surface area contributed by atoms with E-state index >= 15 is 0 Å². The van der Waals surface area contributed by atoms with Gasteiger partial charge in [0.05, 0.1) is 5.75 Å². The van der Waals surface area contributed by atoms with Gasteiger partial charge in [-0.2, -0.15) is 4.98 Å². The Morgan fingerprint density at radius 1 is 1.28 bits per heavy atom. The first-order valence-corrected chi connectivity index (χ1v) is 9.68. The predicted octanol–water partition coefficient (Wildman–Crippen LogP) is 3.45. The molecule has 0 spiro atoms. The number of aryl methyl sites for hydroxylation is 1. The van der Waals surface area contributed by atoms with E-state index in [1.807, 2.05) is 43.3 Å². The molecule has 3 rings (SSSR count). The average Bonchev–Trinajstić information content (AvgIpc) is 3.05. The van der Waals surface area contributed by atoms with Crippen LogP contribution in [0.5, 0.6) is 0 Å². The van der Waals surface area contributed by atoms with Crippen LogP contribution in [-0.2, 0) is 11.2 Å². The molecule has 0 aliphatic heterocycles. The zero-order valence-corrected chi connectivity index (χ0v) is 15.9. The Morgan fingerprint density at radius 3 is 2.84 bits per heavy atom. The number of nitrogens with one attached hydrogen (secondary N) is 1. The number of fused-ring (bicyclic) bond motifs is 1. The van der Waals surface area contributed by atoms with E-state index in [9.17, 15) is 4.79 Å². The number of thioether (sulfide) groups is 1. The van der Waals surface area contributed by atoms with Gasteiger partial charge in [-0.1, -0.05) is 48.2 Å². The molecule has 0 aliphatic carbocycles. The first kappa shape index (κ1) is 17.6. The molecule has 0 saturated heterocycles. The number of anilines is 2. The van der Waals surface area contributed by atoms with Crippen molar-refractivity contribution in [1.82, 2.24) is 15.0 Å². The van der Waals surface area contributed by atoms with Crippen LogP contribution in [0.4, 0.5) is 10.8 Å². The third-order valence-electron chi connectivity index (χ3n) is 3.54. The second-order valence-corrected chi connectivity index (χ2v) is 7.51. The molecule has 0 atom stereocenters. The fourth-order valence-corrected chi connectivity index (χ4v) is 4.10. The van der Waals surface area contributed by atoms with Crippen molar-refractivity contribution >= 4 is 50.2 Å². The SMILES string of the molecule is CCc1ccccc1NC(=O)CSc1ncnc2nc(N(C)C)sc12. The molecule has 3 aromatic rings. The lowest BCUT2D eigenvalue weighted by Gasteiger charge is -2.09. The Bertz CT molecular complexity index is 894. The molecule has 25 heavy (non-hydrogen) atoms. The van der Waals surface area contributed by atoms with E-state index in [4.69, 9.17) is 0 Å². The maximum absolute atomic E-state index is 12.3. The number of amides is 1. The Morgan fingerprint density at radius 2 is 2.08 bits per heavy atom. The second-order valence-electron chi connectivity index (χ2n) is 5.57. The number of rotatable bonds is 6. The number of benzene rings is 1. The molecule has 0 aliphatic rings. The third-order valence-corrected chi connectivity index (χ3v) is 5.88. The van der Waals surface area contributed by atoms with Gasteiger partial charge in [0, 0.05) is 19.8 Å². The molecule has 1 N–H and O–H groups in total. The number of hydrogen-bond donors (Lipinski definition) is 1. The highest BCUT2D eigenvalue weighted by Crippen LogP contribution is 2.32. The van der Waals surface area contributed by atoms with E-state index in [-0.39, 0.29) is 5.91 Å². The fraction of sp³-hybridized carbons (Fsp3) is 0.294. The number of aromatic nitrogens is 3. The van der Waals surface area contributed by atoms with Gasteiger partial charge in [-0.05, 0) is 18.1 Å². The van der Waals surface area contributed by atoms with Gasteiger partial charge in [0.25, 0.3) is 0 Å². The first-order valence-electron chi connectivity index (χ1n) is 7.88. The highest BCUT2D eigenvalue weighted by atomic mass is 32.2. The summed E-state index contributed by atoms with van der Waals surface area (Å²) in [6.45, 7) is 2.07. The molecule has 1 amide bonds. The van der Waals surface area contributed by atoms with Gasteiger partial charge in [0.15, 0.2) is 10.8 Å². The van der Waals surface area contributed by atoms with Crippen molar-refractivity contribution in [3.05, 3.63) is 36.2 Å². The molecule has 1 aromatic carbocycles. The zero-order valence-electron chi connectivity index (χ0n) is 14.3. The summed E-state index contributed by atoms with van der Waals surface area (Å²) in [6.07, 6.45) is 2.37. The minimum Gasteiger partial charge on any atom is -0.354 e. The minimum atomic E-state index is -0.0463. The number of carbonyl (C=O) groups is 1. The van der Waals surface area contributed by atoms with Gasteiger partial charge in [-0.3, -0.25) is 4.79 Å². The summed E-state index contributed by atoms with van der Waals surface area (Å²) in [6, 6.07) is 7.86. The van der Waals surface area contributed by atoms with Crippen molar-refractivity contribution in [2.24, 2.45) is 0 Å². The molecule has 2 aromatic heterocycles. The lowest BCUT2D eigenvalue weighted by Crippen LogP contribution is -2.15. The lowest BCUT2D eigenvalue weighted by molar-refractivity contribution is -0.113. The normalized spacial score (nSPS) is 10.8. The van der Waals surface area contributed by atoms with E-state index in [0.717, 1.165) is 32.5 Å². The number of thiazole rings is 1. The molecular formula is C17H19N5OS2. The van der Waals surface area contributed by atoms with Crippen molar-refractivity contribution < 1.29 is 4.79 Å².